The number of nitrogens with zero attached hydrogens (tertiary/aromatic N) is 1. The molecular weight excluding hydrogens is 292 g/mol. The number of carbonyl (C=O) groups is 2. The van der Waals surface area contributed by atoms with E-state index >= 15 is 0 Å². The third-order valence-corrected chi connectivity index (χ3v) is 4.68. The van der Waals surface area contributed by atoms with Crippen LogP contribution in [0.25, 0.3) is 0 Å². The van der Waals surface area contributed by atoms with Gasteiger partial charge in [0.25, 0.3) is 0 Å². The quantitative estimate of drug-likeness (QED) is 0.839. The Hall–Kier alpha value is -1.88. The van der Waals surface area contributed by atoms with Crippen LogP contribution in [0.4, 0.5) is 5.69 Å². The van der Waals surface area contributed by atoms with Crippen molar-refractivity contribution in [2.75, 3.05) is 18.5 Å². The van der Waals surface area contributed by atoms with E-state index in [1.165, 1.54) is 5.56 Å². The number of aliphatic hydroxyl groups is 1. The van der Waals surface area contributed by atoms with E-state index in [1.807, 2.05) is 32.0 Å². The van der Waals surface area contributed by atoms with Crippen LogP contribution in [-0.4, -0.2) is 41.0 Å². The topological polar surface area (TPSA) is 69.6 Å². The maximum Gasteiger partial charge on any atom is 0.313 e. The van der Waals surface area contributed by atoms with Crippen LogP contribution in [0.1, 0.15) is 37.8 Å². The minimum Gasteiger partial charge on any atom is -0.396 e. The molecule has 0 aromatic heterocycles. The minimum absolute atomic E-state index is 0.0280. The molecular formula is C18H26N2O3. The van der Waals surface area contributed by atoms with Crippen molar-refractivity contribution in [1.29, 1.82) is 0 Å². The molecule has 1 saturated heterocycles. The normalized spacial score (nSPS) is 21.1. The predicted molar refractivity (Wildman–Crippen MR) is 90.2 cm³/mol. The van der Waals surface area contributed by atoms with E-state index in [2.05, 4.69) is 12.2 Å². The summed E-state index contributed by atoms with van der Waals surface area (Å²) in [6.45, 7) is 6.53. The Balaban J connectivity index is 2.06. The highest BCUT2D eigenvalue weighted by atomic mass is 16.3. The summed E-state index contributed by atoms with van der Waals surface area (Å²) in [4.78, 5) is 26.3. The lowest BCUT2D eigenvalue weighted by atomic mass is 9.94. The van der Waals surface area contributed by atoms with Gasteiger partial charge in [0.15, 0.2) is 0 Å². The molecule has 0 aliphatic carbocycles. The lowest BCUT2D eigenvalue weighted by molar-refractivity contribution is -0.146. The molecule has 1 aromatic rings. The summed E-state index contributed by atoms with van der Waals surface area (Å²) in [6.07, 6.45) is 2.58. The first kappa shape index (κ1) is 17.5. The first-order chi connectivity index (χ1) is 11.0. The molecule has 1 aliphatic heterocycles. The van der Waals surface area contributed by atoms with Crippen LogP contribution in [0.3, 0.4) is 0 Å². The van der Waals surface area contributed by atoms with Gasteiger partial charge in [-0.15, -0.1) is 0 Å². The van der Waals surface area contributed by atoms with Crippen LogP contribution in [0.2, 0.25) is 0 Å². The molecule has 1 aliphatic rings. The molecule has 2 unspecified atom stereocenters. The van der Waals surface area contributed by atoms with Gasteiger partial charge >= 0.3 is 11.8 Å². The highest BCUT2D eigenvalue weighted by Crippen LogP contribution is 2.22. The number of hydrogen-bond donors (Lipinski definition) is 2. The van der Waals surface area contributed by atoms with Gasteiger partial charge in [-0.2, -0.15) is 0 Å². The molecule has 126 valence electrons. The fourth-order valence-electron chi connectivity index (χ4n) is 3.06. The van der Waals surface area contributed by atoms with Gasteiger partial charge < -0.3 is 15.3 Å². The Morgan fingerprint density at radius 2 is 2.09 bits per heavy atom. The Labute approximate surface area is 137 Å². The summed E-state index contributed by atoms with van der Waals surface area (Å²) >= 11 is 0. The minimum atomic E-state index is -0.610. The van der Waals surface area contributed by atoms with Crippen molar-refractivity contribution in [3.05, 3.63) is 29.3 Å². The molecule has 0 spiro atoms. The number of nitrogens with one attached hydrogen (secondary N) is 1. The molecule has 2 N–H and O–H groups in total. The molecule has 2 amide bonds. The number of anilines is 1. The number of carbonyl (C=O) groups excluding carboxylic acids is 2. The molecule has 1 fully saturated rings. The number of rotatable bonds is 3. The zero-order chi connectivity index (χ0) is 17.0. The molecule has 5 heteroatoms. The van der Waals surface area contributed by atoms with Gasteiger partial charge in [-0.25, -0.2) is 0 Å². The maximum atomic E-state index is 12.4. The van der Waals surface area contributed by atoms with Gasteiger partial charge in [0, 0.05) is 24.9 Å². The second-order valence-electron chi connectivity index (χ2n) is 6.38. The molecule has 2 rings (SSSR count). The van der Waals surface area contributed by atoms with E-state index in [4.69, 9.17) is 0 Å². The number of aryl methyl sites for hydroxylation is 2. The van der Waals surface area contributed by atoms with E-state index in [0.717, 1.165) is 24.8 Å². The molecule has 2 atom stereocenters. The number of amides is 2. The molecule has 1 aromatic carbocycles. The second-order valence-corrected chi connectivity index (χ2v) is 6.38. The Morgan fingerprint density at radius 1 is 1.35 bits per heavy atom. The third-order valence-electron chi connectivity index (χ3n) is 4.68. The number of benzene rings is 1. The standard InChI is InChI=1S/C18H26N2O3/c1-4-15-9-16(8-5-12(15)2)19-17(22)18(23)20-10-14(11-21)7-6-13(20)3/h5,8-9,13-14,21H,4,6-7,10-11H2,1-3H3,(H,19,22). The number of aliphatic hydroxyl groups excluding tert-OH is 1. The average Bonchev–Trinajstić information content (AvgIpc) is 2.56. The van der Waals surface area contributed by atoms with Crippen molar-refractivity contribution in [3.63, 3.8) is 0 Å². The van der Waals surface area contributed by atoms with Crippen molar-refractivity contribution < 1.29 is 14.7 Å². The van der Waals surface area contributed by atoms with Crippen LogP contribution in [0.15, 0.2) is 18.2 Å². The largest absolute Gasteiger partial charge is 0.396 e. The van der Waals surface area contributed by atoms with Crippen molar-refractivity contribution in [2.45, 2.75) is 46.1 Å². The molecule has 23 heavy (non-hydrogen) atoms. The summed E-state index contributed by atoms with van der Waals surface area (Å²) < 4.78 is 0. The lowest BCUT2D eigenvalue weighted by Crippen LogP contribution is -2.50. The van der Waals surface area contributed by atoms with E-state index in [9.17, 15) is 14.7 Å². The summed E-state index contributed by atoms with van der Waals surface area (Å²) in [7, 11) is 0. The molecule has 0 radical (unpaired) electrons. The average molecular weight is 318 g/mol. The molecule has 1 heterocycles. The SMILES string of the molecule is CCc1cc(NC(=O)C(=O)N2CC(CO)CCC2C)ccc1C. The zero-order valence-electron chi connectivity index (χ0n) is 14.1. The Kier molecular flexibility index (Phi) is 5.77. The first-order valence-corrected chi connectivity index (χ1v) is 8.28. The van der Waals surface area contributed by atoms with E-state index in [-0.39, 0.29) is 18.6 Å². The van der Waals surface area contributed by atoms with E-state index in [1.54, 1.807) is 4.90 Å². The predicted octanol–water partition coefficient (Wildman–Crippen LogP) is 2.12. The van der Waals surface area contributed by atoms with E-state index in [0.29, 0.717) is 12.2 Å². The van der Waals surface area contributed by atoms with Crippen LogP contribution >= 0.6 is 0 Å². The Bertz CT molecular complexity index is 586. The van der Waals surface area contributed by atoms with Gasteiger partial charge in [-0.1, -0.05) is 13.0 Å². The lowest BCUT2D eigenvalue weighted by Gasteiger charge is -2.36. The van der Waals surface area contributed by atoms with Crippen molar-refractivity contribution in [3.8, 4) is 0 Å². The zero-order valence-corrected chi connectivity index (χ0v) is 14.1. The summed E-state index contributed by atoms with van der Waals surface area (Å²) in [6, 6.07) is 5.71. The summed E-state index contributed by atoms with van der Waals surface area (Å²) in [5, 5.41) is 12.0. The van der Waals surface area contributed by atoms with Crippen LogP contribution < -0.4 is 5.32 Å². The highest BCUT2D eigenvalue weighted by Gasteiger charge is 2.32. The molecule has 5 nitrogen and oxygen atoms in total. The molecule has 0 saturated carbocycles. The Morgan fingerprint density at radius 3 is 2.74 bits per heavy atom. The van der Waals surface area contributed by atoms with Gasteiger partial charge in [0.05, 0.1) is 0 Å². The van der Waals surface area contributed by atoms with Crippen LogP contribution in [-0.2, 0) is 16.0 Å². The van der Waals surface area contributed by atoms with Crippen molar-refractivity contribution >= 4 is 17.5 Å². The second kappa shape index (κ2) is 7.59. The third kappa shape index (κ3) is 4.10. The fourth-order valence-corrected chi connectivity index (χ4v) is 3.06. The van der Waals surface area contributed by atoms with Crippen molar-refractivity contribution in [1.82, 2.24) is 4.90 Å². The summed E-state index contributed by atoms with van der Waals surface area (Å²) in [5.74, 6) is -1.07. The van der Waals surface area contributed by atoms with Gasteiger partial charge in [0.1, 0.15) is 0 Å². The monoisotopic (exact) mass is 318 g/mol. The van der Waals surface area contributed by atoms with E-state index < -0.39 is 11.8 Å². The number of likely N-dealkylation sites (tertiary alicyclic amines) is 1. The first-order valence-electron chi connectivity index (χ1n) is 8.28. The smallest absolute Gasteiger partial charge is 0.313 e. The van der Waals surface area contributed by atoms with Gasteiger partial charge in [0.2, 0.25) is 0 Å². The maximum absolute atomic E-state index is 12.4. The fraction of sp³-hybridized carbons (Fsp3) is 0.556. The number of piperidine rings is 1. The number of hydrogen-bond acceptors (Lipinski definition) is 3. The van der Waals surface area contributed by atoms with Gasteiger partial charge in [-0.05, 0) is 62.3 Å². The van der Waals surface area contributed by atoms with Crippen molar-refractivity contribution in [2.24, 2.45) is 5.92 Å². The highest BCUT2D eigenvalue weighted by molar-refractivity contribution is 6.39. The van der Waals surface area contributed by atoms with Gasteiger partial charge in [-0.3, -0.25) is 9.59 Å². The van der Waals surface area contributed by atoms with Crippen LogP contribution in [0, 0.1) is 12.8 Å². The van der Waals surface area contributed by atoms with Crippen LogP contribution in [0.5, 0.6) is 0 Å². The summed E-state index contributed by atoms with van der Waals surface area (Å²) in [5.41, 5.74) is 2.98. The molecule has 0 bridgehead atoms.